The molecule has 0 aromatic rings. The Morgan fingerprint density at radius 3 is 2.64 bits per heavy atom. The third-order valence-electron chi connectivity index (χ3n) is 1.99. The van der Waals surface area contributed by atoms with Gasteiger partial charge in [0, 0.05) is 0 Å². The number of carbonyl (C=O) groups excluding carboxylic acids is 1. The Bertz CT molecular complexity index is 194. The number of esters is 1. The molecule has 0 N–H and O–H groups in total. The van der Waals surface area contributed by atoms with Gasteiger partial charge in [-0.2, -0.15) is 0 Å². The minimum absolute atomic E-state index is 0.152. The highest BCUT2D eigenvalue weighted by Gasteiger charge is 2.27. The fraction of sp³-hybridized carbons (Fsp3) is 0.875. The number of ether oxygens (including phenoxy) is 5. The summed E-state index contributed by atoms with van der Waals surface area (Å²) >= 11 is 0. The van der Waals surface area contributed by atoms with Crippen molar-refractivity contribution >= 4 is 5.97 Å². The van der Waals surface area contributed by atoms with Crippen LogP contribution in [0.1, 0.15) is 0 Å². The summed E-state index contributed by atoms with van der Waals surface area (Å²) < 4.78 is 24.8. The molecule has 2 aliphatic heterocycles. The summed E-state index contributed by atoms with van der Waals surface area (Å²) in [4.78, 5) is 11.3. The highest BCUT2D eigenvalue weighted by Crippen LogP contribution is 2.07. The van der Waals surface area contributed by atoms with E-state index in [-0.39, 0.29) is 32.9 Å². The van der Waals surface area contributed by atoms with Crippen LogP contribution in [0, 0.1) is 0 Å². The fourth-order valence-corrected chi connectivity index (χ4v) is 1.21. The molecule has 0 aromatic carbocycles. The molecule has 2 unspecified atom stereocenters. The lowest BCUT2D eigenvalue weighted by Gasteiger charge is -2.10. The summed E-state index contributed by atoms with van der Waals surface area (Å²) in [5.41, 5.74) is 0. The lowest BCUT2D eigenvalue weighted by Crippen LogP contribution is -2.29. The maximum absolute atomic E-state index is 11.3. The second kappa shape index (κ2) is 4.70. The monoisotopic (exact) mass is 204 g/mol. The van der Waals surface area contributed by atoms with Crippen molar-refractivity contribution in [3.8, 4) is 0 Å². The van der Waals surface area contributed by atoms with E-state index in [9.17, 15) is 4.79 Å². The third-order valence-corrected chi connectivity index (χ3v) is 1.99. The van der Waals surface area contributed by atoms with Gasteiger partial charge >= 0.3 is 5.97 Å². The smallest absolute Gasteiger partial charge is 0.337 e. The molecule has 2 aliphatic rings. The summed E-state index contributed by atoms with van der Waals surface area (Å²) in [5.74, 6) is -0.405. The molecule has 0 aliphatic carbocycles. The standard InChI is InChI=1S/C8H12O6/c9-8(7-3-11-5-14-7)12-2-6-1-10-4-13-6/h6-7H,1-5H2. The van der Waals surface area contributed by atoms with Crippen LogP contribution in [0.3, 0.4) is 0 Å². The van der Waals surface area contributed by atoms with Crippen molar-refractivity contribution in [2.24, 2.45) is 0 Å². The first-order chi connectivity index (χ1) is 6.86. The Labute approximate surface area is 81.0 Å². The Balaban J connectivity index is 1.66. The molecule has 0 aromatic heterocycles. The van der Waals surface area contributed by atoms with Gasteiger partial charge in [-0.1, -0.05) is 0 Å². The van der Waals surface area contributed by atoms with Gasteiger partial charge in [0.2, 0.25) is 0 Å². The molecule has 80 valence electrons. The van der Waals surface area contributed by atoms with E-state index in [0.29, 0.717) is 6.61 Å². The van der Waals surface area contributed by atoms with Crippen molar-refractivity contribution in [2.75, 3.05) is 33.4 Å². The van der Waals surface area contributed by atoms with Gasteiger partial charge in [-0.3, -0.25) is 0 Å². The van der Waals surface area contributed by atoms with Gasteiger partial charge in [-0.25, -0.2) is 4.79 Å². The molecular formula is C8H12O6. The van der Waals surface area contributed by atoms with E-state index >= 15 is 0 Å². The van der Waals surface area contributed by atoms with E-state index in [1.54, 1.807) is 0 Å². The van der Waals surface area contributed by atoms with Crippen LogP contribution in [-0.2, 0) is 28.5 Å². The quantitative estimate of drug-likeness (QED) is 0.565. The van der Waals surface area contributed by atoms with Gasteiger partial charge < -0.3 is 23.7 Å². The topological polar surface area (TPSA) is 63.2 Å². The normalized spacial score (nSPS) is 32.0. The van der Waals surface area contributed by atoms with E-state index in [2.05, 4.69) is 0 Å². The number of hydrogen-bond donors (Lipinski definition) is 0. The zero-order valence-corrected chi connectivity index (χ0v) is 7.64. The lowest BCUT2D eigenvalue weighted by molar-refractivity contribution is -0.156. The lowest BCUT2D eigenvalue weighted by atomic mass is 10.4. The van der Waals surface area contributed by atoms with Crippen molar-refractivity contribution in [1.82, 2.24) is 0 Å². The van der Waals surface area contributed by atoms with Crippen LogP contribution < -0.4 is 0 Å². The summed E-state index contributed by atoms with van der Waals surface area (Å²) in [6.07, 6.45) is -0.737. The predicted octanol–water partition coefficient (Wildman–Crippen LogP) is -0.725. The van der Waals surface area contributed by atoms with Gasteiger partial charge in [-0.05, 0) is 0 Å². The minimum atomic E-state index is -0.586. The molecule has 6 heteroatoms. The summed E-state index contributed by atoms with van der Waals surface area (Å²) in [7, 11) is 0. The first kappa shape index (κ1) is 9.85. The average Bonchev–Trinajstić information content (AvgIpc) is 2.87. The molecule has 0 bridgehead atoms. The highest BCUT2D eigenvalue weighted by molar-refractivity contribution is 5.75. The molecule has 6 nitrogen and oxygen atoms in total. The molecule has 2 rings (SSSR count). The maximum Gasteiger partial charge on any atom is 0.337 e. The van der Waals surface area contributed by atoms with Crippen LogP contribution in [0.15, 0.2) is 0 Å². The van der Waals surface area contributed by atoms with Gasteiger partial charge in [-0.15, -0.1) is 0 Å². The fourth-order valence-electron chi connectivity index (χ4n) is 1.21. The molecule has 0 saturated carbocycles. The zero-order valence-electron chi connectivity index (χ0n) is 7.64. The van der Waals surface area contributed by atoms with Crippen molar-refractivity contribution in [1.29, 1.82) is 0 Å². The Kier molecular flexibility index (Phi) is 3.30. The molecule has 0 radical (unpaired) electrons. The molecule has 2 atom stereocenters. The van der Waals surface area contributed by atoms with Crippen LogP contribution in [-0.4, -0.2) is 51.6 Å². The summed E-state index contributed by atoms with van der Waals surface area (Å²) in [6.45, 7) is 1.36. The second-order valence-electron chi connectivity index (χ2n) is 3.05. The van der Waals surface area contributed by atoms with Crippen molar-refractivity contribution in [3.05, 3.63) is 0 Å². The molecule has 14 heavy (non-hydrogen) atoms. The largest absolute Gasteiger partial charge is 0.461 e. The van der Waals surface area contributed by atoms with Gasteiger partial charge in [0.05, 0.1) is 13.2 Å². The zero-order chi connectivity index (χ0) is 9.80. The van der Waals surface area contributed by atoms with Gasteiger partial charge in [0.25, 0.3) is 0 Å². The van der Waals surface area contributed by atoms with Crippen molar-refractivity contribution < 1.29 is 28.5 Å². The average molecular weight is 204 g/mol. The molecule has 0 spiro atoms. The SMILES string of the molecule is O=C(OCC1COCO1)C1COCO1. The molecule has 2 saturated heterocycles. The summed E-state index contributed by atoms with van der Waals surface area (Å²) in [6, 6.07) is 0. The van der Waals surface area contributed by atoms with E-state index in [1.165, 1.54) is 0 Å². The number of rotatable bonds is 3. The number of carbonyl (C=O) groups is 1. The first-order valence-corrected chi connectivity index (χ1v) is 4.41. The highest BCUT2D eigenvalue weighted by atomic mass is 16.7. The van der Waals surface area contributed by atoms with E-state index in [1.807, 2.05) is 0 Å². The van der Waals surface area contributed by atoms with Gasteiger partial charge in [0.15, 0.2) is 6.10 Å². The molecule has 2 fully saturated rings. The Hall–Kier alpha value is -0.690. The van der Waals surface area contributed by atoms with Crippen LogP contribution >= 0.6 is 0 Å². The molecule has 2 heterocycles. The van der Waals surface area contributed by atoms with E-state index in [4.69, 9.17) is 23.7 Å². The van der Waals surface area contributed by atoms with Crippen LogP contribution in [0.5, 0.6) is 0 Å². The number of hydrogen-bond acceptors (Lipinski definition) is 6. The third kappa shape index (κ3) is 2.42. The predicted molar refractivity (Wildman–Crippen MR) is 42.3 cm³/mol. The van der Waals surface area contributed by atoms with Crippen molar-refractivity contribution in [2.45, 2.75) is 12.2 Å². The molecule has 0 amide bonds. The van der Waals surface area contributed by atoms with E-state index in [0.717, 1.165) is 0 Å². The Morgan fingerprint density at radius 1 is 1.21 bits per heavy atom. The van der Waals surface area contributed by atoms with Crippen molar-refractivity contribution in [3.63, 3.8) is 0 Å². The van der Waals surface area contributed by atoms with Crippen LogP contribution in [0.4, 0.5) is 0 Å². The minimum Gasteiger partial charge on any atom is -0.461 e. The molecular weight excluding hydrogens is 192 g/mol. The Morgan fingerprint density at radius 2 is 2.00 bits per heavy atom. The van der Waals surface area contributed by atoms with Crippen LogP contribution in [0.25, 0.3) is 0 Å². The maximum atomic E-state index is 11.3. The van der Waals surface area contributed by atoms with Gasteiger partial charge in [0.1, 0.15) is 26.3 Å². The van der Waals surface area contributed by atoms with Crippen LogP contribution in [0.2, 0.25) is 0 Å². The summed E-state index contributed by atoms with van der Waals surface area (Å²) in [5, 5.41) is 0. The van der Waals surface area contributed by atoms with E-state index < -0.39 is 12.1 Å². The second-order valence-corrected chi connectivity index (χ2v) is 3.05. The first-order valence-electron chi connectivity index (χ1n) is 4.41.